The molecule has 3 nitrogen and oxygen atoms in total. The number of hydrogen-bond acceptors (Lipinski definition) is 5. The molecule has 1 aliphatic rings. The Morgan fingerprint density at radius 1 is 1.53 bits per heavy atom. The van der Waals surface area contributed by atoms with Crippen molar-refractivity contribution in [3.05, 3.63) is 23.9 Å². The summed E-state index contributed by atoms with van der Waals surface area (Å²) in [6, 6.07) is 4.01. The van der Waals surface area contributed by atoms with Crippen molar-refractivity contribution in [2.45, 2.75) is 11.8 Å². The molecule has 0 radical (unpaired) electrons. The Balaban J connectivity index is 1.77. The molecule has 0 aromatic carbocycles. The zero-order valence-corrected chi connectivity index (χ0v) is 11.6. The number of methoxy groups -OCH3 is 1. The first-order valence-corrected chi connectivity index (χ1v) is 7.98. The van der Waals surface area contributed by atoms with E-state index in [-0.39, 0.29) is 0 Å². The summed E-state index contributed by atoms with van der Waals surface area (Å²) in [5.41, 5.74) is 1.13. The predicted octanol–water partition coefficient (Wildman–Crippen LogP) is 2.03. The molecule has 17 heavy (non-hydrogen) atoms. The van der Waals surface area contributed by atoms with Crippen LogP contribution in [-0.2, 0) is 6.54 Å². The van der Waals surface area contributed by atoms with Crippen molar-refractivity contribution in [2.24, 2.45) is 0 Å². The lowest BCUT2D eigenvalue weighted by Gasteiger charge is -2.21. The molecule has 0 saturated carbocycles. The third kappa shape index (κ3) is 4.08. The van der Waals surface area contributed by atoms with E-state index in [4.69, 9.17) is 4.74 Å². The van der Waals surface area contributed by atoms with Crippen LogP contribution in [0.15, 0.2) is 18.3 Å². The average Bonchev–Trinajstić information content (AvgIpc) is 2.40. The van der Waals surface area contributed by atoms with Crippen LogP contribution in [0.25, 0.3) is 0 Å². The first-order valence-electron chi connectivity index (χ1n) is 5.78. The summed E-state index contributed by atoms with van der Waals surface area (Å²) < 4.78 is 5.23. The number of nitrogens with one attached hydrogen (secondary N) is 1. The molecule has 1 aromatic heterocycles. The number of ether oxygens (including phenoxy) is 1. The maximum atomic E-state index is 5.23. The molecule has 0 aliphatic carbocycles. The standard InChI is InChI=1S/C12H18N2OS2/c1-15-12-10(3-2-4-14-12)7-13-8-11-9-16-5-6-17-11/h2-4,11,13H,5-9H2,1H3. The molecule has 5 heteroatoms. The zero-order valence-electron chi connectivity index (χ0n) is 10.0. The van der Waals surface area contributed by atoms with E-state index >= 15 is 0 Å². The van der Waals surface area contributed by atoms with Gasteiger partial charge in [-0.3, -0.25) is 0 Å². The summed E-state index contributed by atoms with van der Waals surface area (Å²) in [4.78, 5) is 4.19. The van der Waals surface area contributed by atoms with E-state index in [1.165, 1.54) is 17.3 Å². The first-order chi connectivity index (χ1) is 8.40. The second kappa shape index (κ2) is 7.13. The third-order valence-electron chi connectivity index (χ3n) is 2.62. The summed E-state index contributed by atoms with van der Waals surface area (Å²) in [6.45, 7) is 1.90. The average molecular weight is 270 g/mol. The maximum Gasteiger partial charge on any atom is 0.217 e. The van der Waals surface area contributed by atoms with Gasteiger partial charge in [0.2, 0.25) is 5.88 Å². The normalized spacial score (nSPS) is 20.2. The van der Waals surface area contributed by atoms with E-state index in [2.05, 4.69) is 39.9 Å². The fourth-order valence-corrected chi connectivity index (χ4v) is 4.41. The van der Waals surface area contributed by atoms with Crippen LogP contribution in [0, 0.1) is 0 Å². The van der Waals surface area contributed by atoms with E-state index in [9.17, 15) is 0 Å². The van der Waals surface area contributed by atoms with Crippen LogP contribution >= 0.6 is 23.5 Å². The smallest absolute Gasteiger partial charge is 0.217 e. The topological polar surface area (TPSA) is 34.1 Å². The van der Waals surface area contributed by atoms with Gasteiger partial charge in [-0.2, -0.15) is 23.5 Å². The van der Waals surface area contributed by atoms with Crippen LogP contribution in [-0.4, -0.2) is 41.1 Å². The molecule has 1 unspecified atom stereocenters. The minimum absolute atomic E-state index is 0.727. The SMILES string of the molecule is COc1ncccc1CNCC1CSCCS1. The monoisotopic (exact) mass is 270 g/mol. The second-order valence-corrected chi connectivity index (χ2v) is 6.43. The zero-order chi connectivity index (χ0) is 11.9. The fraction of sp³-hybridized carbons (Fsp3) is 0.583. The molecule has 1 atom stereocenters. The molecule has 0 spiro atoms. The van der Waals surface area contributed by atoms with Crippen molar-refractivity contribution in [1.29, 1.82) is 0 Å². The molecular weight excluding hydrogens is 252 g/mol. The van der Waals surface area contributed by atoms with Gasteiger partial charge in [-0.15, -0.1) is 0 Å². The second-order valence-electron chi connectivity index (χ2n) is 3.87. The Morgan fingerprint density at radius 2 is 2.47 bits per heavy atom. The molecule has 0 amide bonds. The van der Waals surface area contributed by atoms with Gasteiger partial charge in [-0.05, 0) is 6.07 Å². The van der Waals surface area contributed by atoms with Gasteiger partial charge in [0.05, 0.1) is 7.11 Å². The van der Waals surface area contributed by atoms with E-state index in [1.54, 1.807) is 13.3 Å². The largest absolute Gasteiger partial charge is 0.481 e. The summed E-state index contributed by atoms with van der Waals surface area (Å²) in [5, 5.41) is 4.24. The van der Waals surface area contributed by atoms with Gasteiger partial charge in [-0.25, -0.2) is 4.98 Å². The molecule has 1 aromatic rings. The number of aromatic nitrogens is 1. The van der Waals surface area contributed by atoms with Crippen molar-refractivity contribution in [3.8, 4) is 5.88 Å². The molecule has 1 saturated heterocycles. The minimum atomic E-state index is 0.727. The first kappa shape index (κ1) is 13.1. The van der Waals surface area contributed by atoms with Gasteiger partial charge >= 0.3 is 0 Å². The van der Waals surface area contributed by atoms with E-state index in [0.29, 0.717) is 0 Å². The molecule has 1 aliphatic heterocycles. The number of hydrogen-bond donors (Lipinski definition) is 1. The highest BCUT2D eigenvalue weighted by molar-refractivity contribution is 8.06. The third-order valence-corrected chi connectivity index (χ3v) is 5.46. The number of rotatable bonds is 5. The highest BCUT2D eigenvalue weighted by atomic mass is 32.2. The molecule has 1 N–H and O–H groups in total. The van der Waals surface area contributed by atoms with Crippen LogP contribution in [0.2, 0.25) is 0 Å². The van der Waals surface area contributed by atoms with E-state index in [0.717, 1.165) is 29.8 Å². The lowest BCUT2D eigenvalue weighted by Crippen LogP contribution is -2.28. The summed E-state index contributed by atoms with van der Waals surface area (Å²) in [6.07, 6.45) is 1.76. The van der Waals surface area contributed by atoms with Gasteiger partial charge in [0.25, 0.3) is 0 Å². The van der Waals surface area contributed by atoms with E-state index < -0.39 is 0 Å². The van der Waals surface area contributed by atoms with Gasteiger partial charge in [0, 0.05) is 47.4 Å². The van der Waals surface area contributed by atoms with Crippen LogP contribution in [0.3, 0.4) is 0 Å². The van der Waals surface area contributed by atoms with Gasteiger partial charge < -0.3 is 10.1 Å². The van der Waals surface area contributed by atoms with Gasteiger partial charge in [0.15, 0.2) is 0 Å². The Bertz CT molecular complexity index is 343. The number of thioether (sulfide) groups is 2. The van der Waals surface area contributed by atoms with Crippen molar-refractivity contribution in [1.82, 2.24) is 10.3 Å². The number of pyridine rings is 1. The van der Waals surface area contributed by atoms with Gasteiger partial charge in [0.1, 0.15) is 0 Å². The highest BCUT2D eigenvalue weighted by Crippen LogP contribution is 2.23. The highest BCUT2D eigenvalue weighted by Gasteiger charge is 2.13. The summed E-state index contributed by atoms with van der Waals surface area (Å²) in [5.74, 6) is 4.58. The minimum Gasteiger partial charge on any atom is -0.481 e. The maximum absolute atomic E-state index is 5.23. The van der Waals surface area contributed by atoms with Gasteiger partial charge in [-0.1, -0.05) is 6.07 Å². The lowest BCUT2D eigenvalue weighted by atomic mass is 10.2. The van der Waals surface area contributed by atoms with Crippen molar-refractivity contribution >= 4 is 23.5 Å². The Morgan fingerprint density at radius 3 is 3.24 bits per heavy atom. The Labute approximate surface area is 111 Å². The quantitative estimate of drug-likeness (QED) is 0.885. The van der Waals surface area contributed by atoms with Crippen molar-refractivity contribution in [3.63, 3.8) is 0 Å². The lowest BCUT2D eigenvalue weighted by molar-refractivity contribution is 0.390. The molecule has 0 bridgehead atoms. The summed E-state index contributed by atoms with van der Waals surface area (Å²) >= 11 is 4.14. The molecule has 2 heterocycles. The molecular formula is C12H18N2OS2. The molecule has 2 rings (SSSR count). The van der Waals surface area contributed by atoms with Crippen molar-refractivity contribution in [2.75, 3.05) is 30.9 Å². The fourth-order valence-electron chi connectivity index (χ4n) is 1.76. The van der Waals surface area contributed by atoms with Crippen LogP contribution in [0.1, 0.15) is 5.56 Å². The summed E-state index contributed by atoms with van der Waals surface area (Å²) in [7, 11) is 1.67. The molecule has 94 valence electrons. The Kier molecular flexibility index (Phi) is 5.48. The van der Waals surface area contributed by atoms with E-state index in [1.807, 2.05) is 6.07 Å². The predicted molar refractivity (Wildman–Crippen MR) is 76.1 cm³/mol. The van der Waals surface area contributed by atoms with Crippen molar-refractivity contribution < 1.29 is 4.74 Å². The van der Waals surface area contributed by atoms with Crippen LogP contribution in [0.4, 0.5) is 0 Å². The Hall–Kier alpha value is -0.390. The van der Waals surface area contributed by atoms with Crippen LogP contribution < -0.4 is 10.1 Å². The molecule has 1 fully saturated rings. The number of nitrogens with zero attached hydrogens (tertiary/aromatic N) is 1. The van der Waals surface area contributed by atoms with Crippen LogP contribution in [0.5, 0.6) is 5.88 Å².